The smallest absolute Gasteiger partial charge is 0.256 e. The summed E-state index contributed by atoms with van der Waals surface area (Å²) in [5, 5.41) is 12.7. The number of hydrogen-bond donors (Lipinski definition) is 1. The molecule has 0 aliphatic carbocycles. The van der Waals surface area contributed by atoms with Crippen molar-refractivity contribution < 1.29 is 13.2 Å². The maximum atomic E-state index is 13.2. The summed E-state index contributed by atoms with van der Waals surface area (Å²) in [5.74, 6) is 0.481. The lowest BCUT2D eigenvalue weighted by atomic mass is 10.1. The summed E-state index contributed by atoms with van der Waals surface area (Å²) in [5.41, 5.74) is 4.73. The molecule has 40 heavy (non-hydrogen) atoms. The number of carbonyl (C=O) groups is 1. The molecule has 1 saturated heterocycles. The molecule has 6 rings (SSSR count). The molecule has 5 aromatic rings. The van der Waals surface area contributed by atoms with E-state index in [-0.39, 0.29) is 4.90 Å². The molecule has 2 aromatic carbocycles. The molecular formula is C28H28N8O3S. The van der Waals surface area contributed by atoms with E-state index in [4.69, 9.17) is 0 Å². The summed E-state index contributed by atoms with van der Waals surface area (Å²) in [4.78, 5) is 22.3. The molecule has 1 fully saturated rings. The number of hydrogen-bond acceptors (Lipinski definition) is 7. The van der Waals surface area contributed by atoms with Gasteiger partial charge in [0.25, 0.3) is 5.91 Å². The van der Waals surface area contributed by atoms with Crippen LogP contribution in [0.25, 0.3) is 22.5 Å². The van der Waals surface area contributed by atoms with Gasteiger partial charge < -0.3 is 5.32 Å². The molecule has 1 aliphatic heterocycles. The maximum absolute atomic E-state index is 13.2. The fraction of sp³-hybridized carbons (Fsp3) is 0.250. The maximum Gasteiger partial charge on any atom is 0.256 e. The number of fused-ring (bicyclic) bond motifs is 1. The number of carbonyl (C=O) groups excluding carboxylic acids is 1. The Balaban J connectivity index is 1.30. The van der Waals surface area contributed by atoms with Gasteiger partial charge in [0, 0.05) is 24.7 Å². The van der Waals surface area contributed by atoms with Crippen LogP contribution in [-0.4, -0.2) is 61.2 Å². The minimum Gasteiger partial charge on any atom is -0.306 e. The Hall–Kier alpha value is -4.42. The van der Waals surface area contributed by atoms with E-state index < -0.39 is 15.9 Å². The number of nitrogens with zero attached hydrogens (tertiary/aromatic N) is 7. The molecule has 3 aromatic heterocycles. The van der Waals surface area contributed by atoms with E-state index in [1.807, 2.05) is 32.9 Å². The fourth-order valence-corrected chi connectivity index (χ4v) is 6.53. The predicted octanol–water partition coefficient (Wildman–Crippen LogP) is 3.96. The van der Waals surface area contributed by atoms with Crippen LogP contribution in [-0.2, 0) is 10.0 Å². The Labute approximate surface area is 231 Å². The van der Waals surface area contributed by atoms with Crippen molar-refractivity contribution >= 4 is 32.8 Å². The number of anilines is 1. The molecule has 1 aliphatic rings. The van der Waals surface area contributed by atoms with E-state index in [0.29, 0.717) is 47.0 Å². The van der Waals surface area contributed by atoms with Crippen LogP contribution in [0.5, 0.6) is 0 Å². The Morgan fingerprint density at radius 2 is 1.68 bits per heavy atom. The monoisotopic (exact) mass is 556 g/mol. The molecule has 0 saturated carbocycles. The minimum absolute atomic E-state index is 0.177. The Morgan fingerprint density at radius 3 is 2.40 bits per heavy atom. The number of amides is 1. The summed E-state index contributed by atoms with van der Waals surface area (Å²) >= 11 is 0. The second kappa shape index (κ2) is 9.96. The molecule has 1 N–H and O–H groups in total. The van der Waals surface area contributed by atoms with Crippen LogP contribution in [0.4, 0.5) is 5.82 Å². The molecule has 12 heteroatoms. The summed E-state index contributed by atoms with van der Waals surface area (Å²) in [6.45, 7) is 6.93. The topological polar surface area (TPSA) is 128 Å². The van der Waals surface area contributed by atoms with Gasteiger partial charge in [-0.2, -0.15) is 19.2 Å². The highest BCUT2D eigenvalue weighted by Crippen LogP contribution is 2.26. The molecule has 0 atom stereocenters. The van der Waals surface area contributed by atoms with Gasteiger partial charge in [0.2, 0.25) is 10.0 Å². The molecular weight excluding hydrogens is 528 g/mol. The minimum atomic E-state index is -3.56. The lowest BCUT2D eigenvalue weighted by Gasteiger charge is -2.15. The van der Waals surface area contributed by atoms with Crippen molar-refractivity contribution in [2.75, 3.05) is 18.4 Å². The van der Waals surface area contributed by atoms with E-state index in [0.717, 1.165) is 29.7 Å². The third kappa shape index (κ3) is 4.54. The van der Waals surface area contributed by atoms with Crippen molar-refractivity contribution in [1.29, 1.82) is 0 Å². The van der Waals surface area contributed by atoms with Gasteiger partial charge in [-0.25, -0.2) is 23.1 Å². The van der Waals surface area contributed by atoms with Crippen LogP contribution in [0, 0.1) is 20.8 Å². The van der Waals surface area contributed by atoms with Crippen LogP contribution >= 0.6 is 0 Å². The molecule has 0 unspecified atom stereocenters. The number of aromatic nitrogens is 6. The van der Waals surface area contributed by atoms with Gasteiger partial charge in [-0.15, -0.1) is 0 Å². The summed E-state index contributed by atoms with van der Waals surface area (Å²) in [6, 6.07) is 13.8. The van der Waals surface area contributed by atoms with Crippen molar-refractivity contribution in [1.82, 2.24) is 33.8 Å². The first kappa shape index (κ1) is 25.8. The van der Waals surface area contributed by atoms with Gasteiger partial charge in [0.15, 0.2) is 11.5 Å². The zero-order chi connectivity index (χ0) is 28.0. The lowest BCUT2D eigenvalue weighted by molar-refractivity contribution is 0.102. The molecule has 11 nitrogen and oxygen atoms in total. The highest BCUT2D eigenvalue weighted by molar-refractivity contribution is 7.89. The van der Waals surface area contributed by atoms with Crippen LogP contribution in [0.1, 0.15) is 40.0 Å². The molecule has 0 spiro atoms. The number of benzene rings is 2. The van der Waals surface area contributed by atoms with Gasteiger partial charge in [-0.3, -0.25) is 4.79 Å². The van der Waals surface area contributed by atoms with Crippen molar-refractivity contribution in [3.8, 4) is 11.5 Å². The predicted molar refractivity (Wildman–Crippen MR) is 150 cm³/mol. The third-order valence-corrected chi connectivity index (χ3v) is 8.93. The van der Waals surface area contributed by atoms with Gasteiger partial charge in [0.1, 0.15) is 12.1 Å². The van der Waals surface area contributed by atoms with Gasteiger partial charge >= 0.3 is 0 Å². The zero-order valence-corrected chi connectivity index (χ0v) is 23.2. The van der Waals surface area contributed by atoms with E-state index >= 15 is 0 Å². The van der Waals surface area contributed by atoms with Crippen LogP contribution in [0.3, 0.4) is 0 Å². The number of sulfonamides is 1. The SMILES string of the molecule is Cc1ccc(-n2ncc3c(-n4nc(C)cc4NC(=O)c4ccc(S(=O)(=O)N5CCCC5)cc4)ncnc32)c(C)c1. The number of rotatable bonds is 6. The largest absolute Gasteiger partial charge is 0.306 e. The Morgan fingerprint density at radius 1 is 0.925 bits per heavy atom. The normalized spacial score (nSPS) is 14.2. The molecule has 0 bridgehead atoms. The number of nitrogens with one attached hydrogen (secondary N) is 1. The van der Waals surface area contributed by atoms with Crippen molar-refractivity contribution in [3.05, 3.63) is 83.4 Å². The Kier molecular flexibility index (Phi) is 6.43. The third-order valence-electron chi connectivity index (χ3n) is 7.02. The fourth-order valence-electron chi connectivity index (χ4n) is 5.01. The first-order valence-corrected chi connectivity index (χ1v) is 14.4. The zero-order valence-electron chi connectivity index (χ0n) is 22.4. The van der Waals surface area contributed by atoms with Crippen molar-refractivity contribution in [3.63, 3.8) is 0 Å². The second-order valence-electron chi connectivity index (χ2n) is 9.95. The van der Waals surface area contributed by atoms with Gasteiger partial charge in [-0.1, -0.05) is 17.7 Å². The quantitative estimate of drug-likeness (QED) is 0.335. The summed E-state index contributed by atoms with van der Waals surface area (Å²) in [6.07, 6.45) is 4.85. The average Bonchev–Trinajstić information content (AvgIpc) is 3.69. The molecule has 204 valence electrons. The Bertz CT molecular complexity index is 1850. The first-order chi connectivity index (χ1) is 19.2. The molecule has 4 heterocycles. The van der Waals surface area contributed by atoms with Crippen molar-refractivity contribution in [2.24, 2.45) is 0 Å². The van der Waals surface area contributed by atoms with E-state index in [1.54, 1.807) is 21.6 Å². The van der Waals surface area contributed by atoms with E-state index in [2.05, 4.69) is 31.5 Å². The average molecular weight is 557 g/mol. The van der Waals surface area contributed by atoms with Crippen LogP contribution in [0.15, 0.2) is 66.0 Å². The molecule has 1 amide bonds. The molecule has 0 radical (unpaired) electrons. The summed E-state index contributed by atoms with van der Waals surface area (Å²) in [7, 11) is -3.56. The van der Waals surface area contributed by atoms with Gasteiger partial charge in [-0.05, 0) is 69.5 Å². The van der Waals surface area contributed by atoms with Gasteiger partial charge in [0.05, 0.1) is 27.9 Å². The van der Waals surface area contributed by atoms with E-state index in [1.165, 1.54) is 34.9 Å². The number of aryl methyl sites for hydroxylation is 3. The lowest BCUT2D eigenvalue weighted by Crippen LogP contribution is -2.27. The van der Waals surface area contributed by atoms with E-state index in [9.17, 15) is 13.2 Å². The highest BCUT2D eigenvalue weighted by Gasteiger charge is 2.27. The standard InChI is InChI=1S/C28H28N8O3S/c1-18-6-11-24(19(2)14-18)35-26-23(16-31-35)27(30-17-29-26)36-25(15-20(3)33-36)32-28(37)21-7-9-22(10-8-21)40(38,39)34-12-4-5-13-34/h6-11,14-17H,4-5,12-13H2,1-3H3,(H,32,37). The van der Waals surface area contributed by atoms with Crippen LogP contribution < -0.4 is 5.32 Å². The first-order valence-electron chi connectivity index (χ1n) is 13.0. The second-order valence-corrected chi connectivity index (χ2v) is 11.9. The van der Waals surface area contributed by atoms with Crippen molar-refractivity contribution in [2.45, 2.75) is 38.5 Å². The highest BCUT2D eigenvalue weighted by atomic mass is 32.2. The summed E-state index contributed by atoms with van der Waals surface area (Å²) < 4.78 is 30.5. The van der Waals surface area contributed by atoms with Crippen LogP contribution in [0.2, 0.25) is 0 Å².